The van der Waals surface area contributed by atoms with Gasteiger partial charge >= 0.3 is 0 Å². The predicted octanol–water partition coefficient (Wildman–Crippen LogP) is 1.94. The van der Waals surface area contributed by atoms with E-state index < -0.39 is 0 Å². The average molecular weight is 242 g/mol. The Balaban J connectivity index is 2.34. The number of pyridine rings is 1. The van der Waals surface area contributed by atoms with E-state index in [0.717, 1.165) is 11.4 Å². The molecule has 18 heavy (non-hydrogen) atoms. The minimum Gasteiger partial charge on any atom is -0.409 e. The molecule has 1 aromatic carbocycles. The Bertz CT molecular complexity index is 554. The smallest absolute Gasteiger partial charge is 0.188 e. The van der Waals surface area contributed by atoms with Crippen molar-refractivity contribution in [1.29, 1.82) is 0 Å². The van der Waals surface area contributed by atoms with Crippen LogP contribution in [-0.4, -0.2) is 23.1 Å². The molecule has 0 aliphatic carbocycles. The predicted molar refractivity (Wildman–Crippen MR) is 71.3 cm³/mol. The molecule has 0 bridgehead atoms. The molecule has 5 heteroatoms. The first-order valence-corrected chi connectivity index (χ1v) is 5.45. The van der Waals surface area contributed by atoms with Crippen LogP contribution in [0, 0.1) is 0 Å². The number of rotatable bonds is 3. The molecular formula is C13H14N4O. The van der Waals surface area contributed by atoms with Crippen molar-refractivity contribution in [1.82, 2.24) is 4.98 Å². The van der Waals surface area contributed by atoms with E-state index in [2.05, 4.69) is 10.1 Å². The van der Waals surface area contributed by atoms with Crippen molar-refractivity contribution in [2.45, 2.75) is 0 Å². The highest BCUT2D eigenvalue weighted by Gasteiger charge is 2.07. The number of benzene rings is 1. The summed E-state index contributed by atoms with van der Waals surface area (Å²) < 4.78 is 0. The third kappa shape index (κ3) is 2.40. The molecule has 0 amide bonds. The molecule has 1 heterocycles. The molecule has 0 saturated carbocycles. The standard InChI is InChI=1S/C13H14N4O/c1-17(10-5-3-2-4-6-10)11-7-8-15-12(9-11)13(14)16-18/h2-9,18H,1H3,(H2,14,16). The molecule has 2 aromatic rings. The van der Waals surface area contributed by atoms with Gasteiger partial charge in [0.2, 0.25) is 0 Å². The van der Waals surface area contributed by atoms with Gasteiger partial charge in [-0.25, -0.2) is 0 Å². The Kier molecular flexibility index (Phi) is 3.43. The Hall–Kier alpha value is -2.56. The van der Waals surface area contributed by atoms with Gasteiger partial charge in [0, 0.05) is 24.6 Å². The van der Waals surface area contributed by atoms with E-state index in [1.54, 1.807) is 12.3 Å². The second-order valence-electron chi connectivity index (χ2n) is 3.78. The van der Waals surface area contributed by atoms with Gasteiger partial charge in [-0.3, -0.25) is 4.98 Å². The van der Waals surface area contributed by atoms with Crippen molar-refractivity contribution in [2.75, 3.05) is 11.9 Å². The molecule has 0 aliphatic heterocycles. The van der Waals surface area contributed by atoms with E-state index in [0.29, 0.717) is 5.69 Å². The fourth-order valence-corrected chi connectivity index (χ4v) is 1.62. The van der Waals surface area contributed by atoms with E-state index >= 15 is 0 Å². The van der Waals surface area contributed by atoms with Crippen LogP contribution in [0.25, 0.3) is 0 Å². The van der Waals surface area contributed by atoms with Crippen LogP contribution < -0.4 is 10.6 Å². The third-order valence-electron chi connectivity index (χ3n) is 2.64. The van der Waals surface area contributed by atoms with Crippen molar-refractivity contribution in [3.8, 4) is 0 Å². The average Bonchev–Trinajstić information content (AvgIpc) is 2.46. The molecule has 0 aliphatic rings. The molecule has 0 saturated heterocycles. The largest absolute Gasteiger partial charge is 0.409 e. The minimum atomic E-state index is -0.00156. The van der Waals surface area contributed by atoms with E-state index in [1.807, 2.05) is 48.3 Å². The molecule has 2 rings (SSSR count). The summed E-state index contributed by atoms with van der Waals surface area (Å²) in [6.07, 6.45) is 1.63. The highest BCUT2D eigenvalue weighted by molar-refractivity contribution is 5.96. The molecule has 0 fully saturated rings. The number of hydrogen-bond donors (Lipinski definition) is 2. The van der Waals surface area contributed by atoms with Crippen molar-refractivity contribution >= 4 is 17.2 Å². The van der Waals surface area contributed by atoms with E-state index in [9.17, 15) is 0 Å². The fraction of sp³-hybridized carbons (Fsp3) is 0.0769. The summed E-state index contributed by atoms with van der Waals surface area (Å²) in [4.78, 5) is 6.04. The first kappa shape index (κ1) is 11.9. The number of anilines is 2. The summed E-state index contributed by atoms with van der Waals surface area (Å²) in [5.74, 6) is -0.00156. The molecule has 0 unspecified atom stereocenters. The maximum atomic E-state index is 8.64. The second kappa shape index (κ2) is 5.18. The monoisotopic (exact) mass is 242 g/mol. The number of para-hydroxylation sites is 1. The number of amidine groups is 1. The van der Waals surface area contributed by atoms with Gasteiger partial charge in [-0.2, -0.15) is 0 Å². The van der Waals surface area contributed by atoms with Gasteiger partial charge in [-0.15, -0.1) is 0 Å². The quantitative estimate of drug-likeness (QED) is 0.373. The highest BCUT2D eigenvalue weighted by atomic mass is 16.4. The Labute approximate surface area is 105 Å². The summed E-state index contributed by atoms with van der Waals surface area (Å²) in [6.45, 7) is 0. The molecule has 0 atom stereocenters. The number of hydrogen-bond acceptors (Lipinski definition) is 4. The molecular weight excluding hydrogens is 228 g/mol. The SMILES string of the molecule is CN(c1ccccc1)c1ccnc(C(N)=NO)c1. The van der Waals surface area contributed by atoms with Crippen LogP contribution in [-0.2, 0) is 0 Å². The molecule has 0 radical (unpaired) electrons. The van der Waals surface area contributed by atoms with Crippen LogP contribution in [0.15, 0.2) is 53.8 Å². The van der Waals surface area contributed by atoms with E-state index in [4.69, 9.17) is 10.9 Å². The maximum absolute atomic E-state index is 8.64. The lowest BCUT2D eigenvalue weighted by Crippen LogP contribution is -2.16. The third-order valence-corrected chi connectivity index (χ3v) is 2.64. The lowest BCUT2D eigenvalue weighted by molar-refractivity contribution is 0.318. The van der Waals surface area contributed by atoms with Crippen LogP contribution in [0.3, 0.4) is 0 Å². The molecule has 1 aromatic heterocycles. The maximum Gasteiger partial charge on any atom is 0.188 e. The second-order valence-corrected chi connectivity index (χ2v) is 3.78. The van der Waals surface area contributed by atoms with Crippen LogP contribution in [0.2, 0.25) is 0 Å². The zero-order valence-electron chi connectivity index (χ0n) is 9.99. The van der Waals surface area contributed by atoms with Gasteiger partial charge in [0.05, 0.1) is 0 Å². The van der Waals surface area contributed by atoms with Crippen molar-refractivity contribution < 1.29 is 5.21 Å². The molecule has 5 nitrogen and oxygen atoms in total. The zero-order valence-corrected chi connectivity index (χ0v) is 9.99. The summed E-state index contributed by atoms with van der Waals surface area (Å²) >= 11 is 0. The molecule has 3 N–H and O–H groups in total. The lowest BCUT2D eigenvalue weighted by Gasteiger charge is -2.19. The summed E-state index contributed by atoms with van der Waals surface area (Å²) in [5.41, 5.74) is 7.93. The van der Waals surface area contributed by atoms with Gasteiger partial charge in [-0.1, -0.05) is 23.4 Å². The highest BCUT2D eigenvalue weighted by Crippen LogP contribution is 2.22. The van der Waals surface area contributed by atoms with E-state index in [-0.39, 0.29) is 5.84 Å². The number of nitrogens with two attached hydrogens (primary N) is 1. The first-order valence-electron chi connectivity index (χ1n) is 5.45. The number of nitrogens with zero attached hydrogens (tertiary/aromatic N) is 3. The fourth-order valence-electron chi connectivity index (χ4n) is 1.62. The lowest BCUT2D eigenvalue weighted by atomic mass is 10.2. The van der Waals surface area contributed by atoms with Crippen molar-refractivity contribution in [3.63, 3.8) is 0 Å². The van der Waals surface area contributed by atoms with Gasteiger partial charge in [-0.05, 0) is 24.3 Å². The molecule has 92 valence electrons. The molecule has 0 spiro atoms. The summed E-state index contributed by atoms with van der Waals surface area (Å²) in [5, 5.41) is 11.6. The van der Waals surface area contributed by atoms with Gasteiger partial charge < -0.3 is 15.8 Å². The van der Waals surface area contributed by atoms with Gasteiger partial charge in [0.15, 0.2) is 5.84 Å². The van der Waals surface area contributed by atoms with Crippen molar-refractivity contribution in [2.24, 2.45) is 10.9 Å². The van der Waals surface area contributed by atoms with Crippen LogP contribution >= 0.6 is 0 Å². The Morgan fingerprint density at radius 2 is 1.94 bits per heavy atom. The summed E-state index contributed by atoms with van der Waals surface area (Å²) in [7, 11) is 1.95. The number of oxime groups is 1. The summed E-state index contributed by atoms with van der Waals surface area (Å²) in [6, 6.07) is 13.5. The van der Waals surface area contributed by atoms with E-state index in [1.165, 1.54) is 0 Å². The Morgan fingerprint density at radius 1 is 1.22 bits per heavy atom. The number of aromatic nitrogens is 1. The zero-order chi connectivity index (χ0) is 13.0. The van der Waals surface area contributed by atoms with Gasteiger partial charge in [0.1, 0.15) is 5.69 Å². The first-order chi connectivity index (χ1) is 8.72. The van der Waals surface area contributed by atoms with Crippen LogP contribution in [0.5, 0.6) is 0 Å². The van der Waals surface area contributed by atoms with Crippen LogP contribution in [0.4, 0.5) is 11.4 Å². The normalized spacial score (nSPS) is 11.3. The Morgan fingerprint density at radius 3 is 2.61 bits per heavy atom. The topological polar surface area (TPSA) is 74.7 Å². The van der Waals surface area contributed by atoms with Crippen molar-refractivity contribution in [3.05, 3.63) is 54.4 Å². The van der Waals surface area contributed by atoms with Gasteiger partial charge in [0.25, 0.3) is 0 Å². The van der Waals surface area contributed by atoms with Crippen LogP contribution in [0.1, 0.15) is 5.69 Å². The minimum absolute atomic E-state index is 0.00156.